The lowest BCUT2D eigenvalue weighted by molar-refractivity contribution is -0.148. The lowest BCUT2D eigenvalue weighted by atomic mass is 9.82. The molecule has 6 heteroatoms. The number of hydrogen-bond acceptors (Lipinski definition) is 5. The quantitative estimate of drug-likeness (QED) is 0.779. The molecule has 1 aromatic carbocycles. The zero-order valence-corrected chi connectivity index (χ0v) is 17.8. The molecule has 0 aliphatic heterocycles. The second-order valence-corrected chi connectivity index (χ2v) is 14.9. The molecule has 4 atom stereocenters. The first kappa shape index (κ1) is 20.6. The second kappa shape index (κ2) is 7.16. The summed E-state index contributed by atoms with van der Waals surface area (Å²) in [5.41, 5.74) is 0. The van der Waals surface area contributed by atoms with Gasteiger partial charge in [0.1, 0.15) is 12.2 Å². The molecule has 1 saturated carbocycles. The fourth-order valence-electron chi connectivity index (χ4n) is 2.78. The predicted octanol–water partition coefficient (Wildman–Crippen LogP) is 3.62. The van der Waals surface area contributed by atoms with E-state index in [4.69, 9.17) is 4.43 Å². The Hall–Kier alpha value is -0.663. The number of ketones is 1. The molecule has 2 N–H and O–H groups in total. The van der Waals surface area contributed by atoms with Crippen LogP contribution in [0.1, 0.15) is 34.1 Å². The van der Waals surface area contributed by atoms with E-state index in [-0.39, 0.29) is 10.8 Å². The maximum absolute atomic E-state index is 12.7. The summed E-state index contributed by atoms with van der Waals surface area (Å²) in [6.45, 7) is 12.5. The molecule has 0 bridgehead atoms. The van der Waals surface area contributed by atoms with Gasteiger partial charge in [-0.2, -0.15) is 0 Å². The molecule has 140 valence electrons. The van der Waals surface area contributed by atoms with Crippen LogP contribution in [0.15, 0.2) is 35.2 Å². The van der Waals surface area contributed by atoms with Crippen LogP contribution < -0.4 is 0 Å². The fraction of sp³-hybridized carbons (Fsp3) is 0.632. The minimum Gasteiger partial charge on any atom is -0.411 e. The third kappa shape index (κ3) is 4.36. The van der Waals surface area contributed by atoms with Gasteiger partial charge in [-0.1, -0.05) is 39.0 Å². The van der Waals surface area contributed by atoms with Crippen molar-refractivity contribution >= 4 is 25.9 Å². The molecule has 0 saturated heterocycles. The smallest absolute Gasteiger partial charge is 0.192 e. The summed E-state index contributed by atoms with van der Waals surface area (Å²) in [6.07, 6.45) is -2.75. The molecule has 0 radical (unpaired) electrons. The number of benzene rings is 1. The molecule has 2 rings (SSSR count). The van der Waals surface area contributed by atoms with Crippen LogP contribution in [0.5, 0.6) is 0 Å². The molecule has 1 aliphatic carbocycles. The van der Waals surface area contributed by atoms with Gasteiger partial charge < -0.3 is 14.6 Å². The molecular weight excluding hydrogens is 352 g/mol. The van der Waals surface area contributed by atoms with E-state index in [0.717, 1.165) is 4.90 Å². The SMILES string of the molecule is CC(C)(C)[Si](C)(C)O[C@H]1C[C@](C)(Sc2ccccc2)C(=O)[C@@H](O)[C@H]1O. The van der Waals surface area contributed by atoms with Crippen LogP contribution in [0.2, 0.25) is 18.1 Å². The van der Waals surface area contributed by atoms with Crippen molar-refractivity contribution in [3.05, 3.63) is 30.3 Å². The van der Waals surface area contributed by atoms with Crippen molar-refractivity contribution in [1.29, 1.82) is 0 Å². The van der Waals surface area contributed by atoms with Crippen LogP contribution >= 0.6 is 11.8 Å². The first-order valence-electron chi connectivity index (χ1n) is 8.70. The second-order valence-electron chi connectivity index (χ2n) is 8.57. The van der Waals surface area contributed by atoms with Crippen molar-refractivity contribution in [1.82, 2.24) is 0 Å². The Kier molecular flexibility index (Phi) is 5.91. The Bertz CT molecular complexity index is 614. The molecule has 0 aromatic heterocycles. The number of hydrogen-bond donors (Lipinski definition) is 2. The van der Waals surface area contributed by atoms with Gasteiger partial charge in [-0.15, -0.1) is 11.8 Å². The topological polar surface area (TPSA) is 66.8 Å². The number of aliphatic hydroxyl groups excluding tert-OH is 2. The summed E-state index contributed by atoms with van der Waals surface area (Å²) >= 11 is 1.43. The van der Waals surface area contributed by atoms with E-state index >= 15 is 0 Å². The van der Waals surface area contributed by atoms with Crippen LogP contribution in [0, 0.1) is 0 Å². The summed E-state index contributed by atoms with van der Waals surface area (Å²) in [5, 5.41) is 20.8. The predicted molar refractivity (Wildman–Crippen MR) is 104 cm³/mol. The van der Waals surface area contributed by atoms with Crippen molar-refractivity contribution in [2.45, 2.75) is 80.2 Å². The fourth-order valence-corrected chi connectivity index (χ4v) is 5.40. The van der Waals surface area contributed by atoms with Gasteiger partial charge in [0, 0.05) is 4.90 Å². The molecular formula is C19H30O4SSi. The number of carbonyl (C=O) groups is 1. The van der Waals surface area contributed by atoms with Crippen molar-refractivity contribution in [2.24, 2.45) is 0 Å². The van der Waals surface area contributed by atoms with Gasteiger partial charge in [0.05, 0.1) is 10.9 Å². The first-order chi connectivity index (χ1) is 11.4. The van der Waals surface area contributed by atoms with Crippen LogP contribution in [-0.2, 0) is 9.22 Å². The molecule has 0 amide bonds. The normalized spacial score (nSPS) is 31.2. The maximum atomic E-state index is 12.7. The van der Waals surface area contributed by atoms with Crippen LogP contribution in [0.4, 0.5) is 0 Å². The number of rotatable bonds is 4. The monoisotopic (exact) mass is 382 g/mol. The van der Waals surface area contributed by atoms with Crippen LogP contribution in [-0.4, -0.2) is 47.4 Å². The largest absolute Gasteiger partial charge is 0.411 e. The summed E-state index contributed by atoms with van der Waals surface area (Å²) in [4.78, 5) is 13.7. The number of thioether (sulfide) groups is 1. The van der Waals surface area contributed by atoms with E-state index in [1.165, 1.54) is 11.8 Å². The molecule has 0 unspecified atom stereocenters. The average molecular weight is 383 g/mol. The molecule has 1 aromatic rings. The van der Waals surface area contributed by atoms with Crippen molar-refractivity contribution < 1.29 is 19.4 Å². The van der Waals surface area contributed by atoms with E-state index in [0.29, 0.717) is 6.42 Å². The van der Waals surface area contributed by atoms with E-state index < -0.39 is 31.4 Å². The highest BCUT2D eigenvalue weighted by Crippen LogP contribution is 2.45. The minimum absolute atomic E-state index is 0.0118. The van der Waals surface area contributed by atoms with Gasteiger partial charge in [0.2, 0.25) is 0 Å². The Morgan fingerprint density at radius 2 is 1.76 bits per heavy atom. The van der Waals surface area contributed by atoms with Gasteiger partial charge in [-0.05, 0) is 43.6 Å². The van der Waals surface area contributed by atoms with E-state index in [9.17, 15) is 15.0 Å². The zero-order chi connectivity index (χ0) is 19.0. The van der Waals surface area contributed by atoms with Crippen molar-refractivity contribution in [3.8, 4) is 0 Å². The van der Waals surface area contributed by atoms with Gasteiger partial charge in [0.25, 0.3) is 0 Å². The Labute approximate surface area is 156 Å². The number of carbonyl (C=O) groups excluding carboxylic acids is 1. The minimum atomic E-state index is -2.13. The molecule has 1 aliphatic rings. The van der Waals surface area contributed by atoms with Crippen LogP contribution in [0.3, 0.4) is 0 Å². The molecule has 1 fully saturated rings. The third-order valence-electron chi connectivity index (χ3n) is 5.42. The molecule has 0 spiro atoms. The highest BCUT2D eigenvalue weighted by molar-refractivity contribution is 8.01. The average Bonchev–Trinajstić information content (AvgIpc) is 2.50. The first-order valence-corrected chi connectivity index (χ1v) is 12.4. The van der Waals surface area contributed by atoms with Crippen molar-refractivity contribution in [3.63, 3.8) is 0 Å². The highest BCUT2D eigenvalue weighted by atomic mass is 32.2. The van der Waals surface area contributed by atoms with Gasteiger partial charge in [0.15, 0.2) is 14.1 Å². The van der Waals surface area contributed by atoms with Crippen molar-refractivity contribution in [2.75, 3.05) is 0 Å². The Morgan fingerprint density at radius 1 is 1.20 bits per heavy atom. The lowest BCUT2D eigenvalue weighted by Crippen LogP contribution is -2.60. The van der Waals surface area contributed by atoms with E-state index in [1.54, 1.807) is 0 Å². The van der Waals surface area contributed by atoms with Gasteiger partial charge >= 0.3 is 0 Å². The van der Waals surface area contributed by atoms with E-state index in [1.807, 2.05) is 37.3 Å². The Morgan fingerprint density at radius 3 is 2.28 bits per heavy atom. The highest BCUT2D eigenvalue weighted by Gasteiger charge is 2.52. The number of Topliss-reactive ketones (excluding diaryl/α,β-unsaturated/α-hetero) is 1. The molecule has 0 heterocycles. The standard InChI is InChI=1S/C19H30O4SSi/c1-18(2,3)25(5,6)23-14-12-19(4,17(22)16(21)15(14)20)24-13-10-8-7-9-11-13/h7-11,14-16,20-21H,12H2,1-6H3/t14-,15-,16-,19-/m0/s1. The molecule has 4 nitrogen and oxygen atoms in total. The van der Waals surface area contributed by atoms with E-state index in [2.05, 4.69) is 33.9 Å². The third-order valence-corrected chi connectivity index (χ3v) is 11.3. The zero-order valence-electron chi connectivity index (χ0n) is 15.9. The summed E-state index contributed by atoms with van der Waals surface area (Å²) in [7, 11) is -2.13. The maximum Gasteiger partial charge on any atom is 0.192 e. The summed E-state index contributed by atoms with van der Waals surface area (Å²) < 4.78 is 5.54. The van der Waals surface area contributed by atoms with Gasteiger partial charge in [-0.3, -0.25) is 4.79 Å². The summed E-state index contributed by atoms with van der Waals surface area (Å²) in [5.74, 6) is -0.330. The number of aliphatic hydroxyl groups is 2. The Balaban J connectivity index is 2.26. The van der Waals surface area contributed by atoms with Gasteiger partial charge in [-0.25, -0.2) is 0 Å². The summed E-state index contributed by atoms with van der Waals surface area (Å²) in [6, 6.07) is 9.67. The van der Waals surface area contributed by atoms with Crippen LogP contribution in [0.25, 0.3) is 0 Å². The lowest BCUT2D eigenvalue weighted by Gasteiger charge is -2.46. The molecule has 25 heavy (non-hydrogen) atoms.